The van der Waals surface area contributed by atoms with Gasteiger partial charge in [0.15, 0.2) is 5.82 Å². The molecule has 1 fully saturated rings. The highest BCUT2D eigenvalue weighted by atomic mass is 35.5. The fourth-order valence-electron chi connectivity index (χ4n) is 4.00. The van der Waals surface area contributed by atoms with E-state index in [0.717, 1.165) is 10.7 Å². The van der Waals surface area contributed by atoms with Crippen LogP contribution in [0.1, 0.15) is 34.1 Å². The van der Waals surface area contributed by atoms with E-state index in [9.17, 15) is 22.8 Å². The average Bonchev–Trinajstić information content (AvgIpc) is 3.37. The van der Waals surface area contributed by atoms with E-state index in [2.05, 4.69) is 15.7 Å². The van der Waals surface area contributed by atoms with Gasteiger partial charge < -0.3 is 25.2 Å². The van der Waals surface area contributed by atoms with Crippen LogP contribution in [0.4, 0.5) is 29.5 Å². The molecule has 2 N–H and O–H groups in total. The lowest BCUT2D eigenvalue weighted by Crippen LogP contribution is -2.45. The summed E-state index contributed by atoms with van der Waals surface area (Å²) < 4.78 is 47.6. The Kier molecular flexibility index (Phi) is 9.40. The van der Waals surface area contributed by atoms with Crippen LogP contribution in [0.25, 0.3) is 0 Å². The Morgan fingerprint density at radius 3 is 2.46 bits per heavy atom. The van der Waals surface area contributed by atoms with Crippen LogP contribution in [0.2, 0.25) is 0 Å². The van der Waals surface area contributed by atoms with E-state index < -0.39 is 23.7 Å². The second-order valence-electron chi connectivity index (χ2n) is 7.96. The van der Waals surface area contributed by atoms with Gasteiger partial charge in [0.05, 0.1) is 17.9 Å². The molecular weight excluding hydrogens is 512 g/mol. The lowest BCUT2D eigenvalue weighted by Gasteiger charge is -2.35. The first-order valence-corrected chi connectivity index (χ1v) is 10.6. The zero-order valence-electron chi connectivity index (χ0n) is 19.1. The van der Waals surface area contributed by atoms with Crippen molar-refractivity contribution in [3.63, 3.8) is 0 Å². The maximum absolute atomic E-state index is 13.9. The smallest absolute Gasteiger partial charge is 0.435 e. The van der Waals surface area contributed by atoms with E-state index in [0.29, 0.717) is 50.5 Å². The second kappa shape index (κ2) is 11.5. The van der Waals surface area contributed by atoms with Gasteiger partial charge in [-0.15, -0.1) is 29.9 Å². The quantitative estimate of drug-likeness (QED) is 0.616. The molecule has 1 aromatic carbocycles. The number of aromatic nitrogens is 2. The van der Waals surface area contributed by atoms with Crippen LogP contribution in [-0.4, -0.2) is 66.5 Å². The van der Waals surface area contributed by atoms with Crippen molar-refractivity contribution < 1.29 is 27.5 Å². The minimum absolute atomic E-state index is 0. The van der Waals surface area contributed by atoms with E-state index >= 15 is 0 Å². The molecule has 2 aliphatic rings. The number of halogens is 5. The summed E-state index contributed by atoms with van der Waals surface area (Å²) >= 11 is 0. The van der Waals surface area contributed by atoms with Crippen molar-refractivity contribution in [2.75, 3.05) is 50.1 Å². The molecule has 2 aromatic rings. The van der Waals surface area contributed by atoms with E-state index in [-0.39, 0.29) is 48.5 Å². The molecule has 1 aromatic heterocycles. The summed E-state index contributed by atoms with van der Waals surface area (Å²) in [5, 5.41) is 9.73. The first-order valence-electron chi connectivity index (χ1n) is 10.6. The number of hydrogen-bond donors (Lipinski definition) is 2. The third-order valence-corrected chi connectivity index (χ3v) is 5.76. The monoisotopic (exact) mass is 538 g/mol. The van der Waals surface area contributed by atoms with Gasteiger partial charge in [0.25, 0.3) is 5.91 Å². The third kappa shape index (κ3) is 6.00. The minimum Gasteiger partial charge on any atom is -0.448 e. The van der Waals surface area contributed by atoms with Gasteiger partial charge in [0.2, 0.25) is 0 Å². The molecule has 0 unspecified atom stereocenters. The molecule has 14 heteroatoms. The molecule has 35 heavy (non-hydrogen) atoms. The number of piperazine rings is 1. The Hall–Kier alpha value is -2.54. The highest BCUT2D eigenvalue weighted by Crippen LogP contribution is 2.38. The van der Waals surface area contributed by atoms with Crippen molar-refractivity contribution in [3.8, 4) is 0 Å². The molecule has 194 valence electrons. The Bertz CT molecular complexity index is 1070. The number of nitrogens with one attached hydrogen (secondary N) is 2. The van der Waals surface area contributed by atoms with Gasteiger partial charge in [-0.3, -0.25) is 4.79 Å². The van der Waals surface area contributed by atoms with Gasteiger partial charge in [0.1, 0.15) is 0 Å². The van der Waals surface area contributed by atoms with Crippen molar-refractivity contribution in [2.45, 2.75) is 26.2 Å². The number of rotatable bonds is 4. The predicted molar refractivity (Wildman–Crippen MR) is 129 cm³/mol. The molecule has 3 heterocycles. The van der Waals surface area contributed by atoms with Gasteiger partial charge in [-0.05, 0) is 32.2 Å². The van der Waals surface area contributed by atoms with Crippen LogP contribution in [0.15, 0.2) is 18.2 Å². The summed E-state index contributed by atoms with van der Waals surface area (Å²) in [7, 11) is 1.92. The van der Waals surface area contributed by atoms with Crippen molar-refractivity contribution in [1.29, 1.82) is 0 Å². The van der Waals surface area contributed by atoms with Crippen molar-refractivity contribution >= 4 is 48.3 Å². The highest BCUT2D eigenvalue weighted by molar-refractivity contribution is 6.04. The van der Waals surface area contributed by atoms with Gasteiger partial charge in [0, 0.05) is 56.1 Å². The SMILES string of the molecule is CCOC(=O)n1nc(NC(=O)c2ccc(N3CCN(C)CC3)c(C(F)(F)F)c2)c2c1CNC2.Cl.Cl. The summed E-state index contributed by atoms with van der Waals surface area (Å²) in [6.45, 7) is 4.78. The van der Waals surface area contributed by atoms with Crippen LogP contribution in [0.5, 0.6) is 0 Å². The Balaban J connectivity index is 0.00000216. The lowest BCUT2D eigenvalue weighted by atomic mass is 10.1. The molecule has 0 atom stereocenters. The van der Waals surface area contributed by atoms with E-state index in [1.807, 2.05) is 11.9 Å². The van der Waals surface area contributed by atoms with Crippen LogP contribution in [-0.2, 0) is 24.0 Å². The number of nitrogens with zero attached hydrogens (tertiary/aromatic N) is 4. The van der Waals surface area contributed by atoms with Gasteiger partial charge in [-0.1, -0.05) is 0 Å². The third-order valence-electron chi connectivity index (χ3n) is 5.76. The number of alkyl halides is 3. The number of carbonyl (C=O) groups is 2. The standard InChI is InChI=1S/C21H25F3N6O3.2ClH/c1-3-33-20(32)30-17-12-25-11-14(17)18(27-30)26-19(31)13-4-5-16(15(10-13)21(22,23)24)29-8-6-28(2)7-9-29;;/h4-5,10,25H,3,6-9,11-12H2,1-2H3,(H,26,27,31);2*1H. The van der Waals surface area contributed by atoms with E-state index in [1.165, 1.54) is 12.1 Å². The number of amides is 1. The van der Waals surface area contributed by atoms with Crippen molar-refractivity contribution in [3.05, 3.63) is 40.6 Å². The first-order chi connectivity index (χ1) is 15.7. The van der Waals surface area contributed by atoms with Crippen LogP contribution in [0, 0.1) is 0 Å². The molecule has 4 rings (SSSR count). The molecule has 0 saturated carbocycles. The van der Waals surface area contributed by atoms with E-state index in [1.54, 1.807) is 11.8 Å². The van der Waals surface area contributed by atoms with Gasteiger partial charge >= 0.3 is 12.3 Å². The Morgan fingerprint density at radius 2 is 1.83 bits per heavy atom. The van der Waals surface area contributed by atoms with Crippen LogP contribution < -0.4 is 15.5 Å². The predicted octanol–water partition coefficient (Wildman–Crippen LogP) is 3.36. The fourth-order valence-corrected chi connectivity index (χ4v) is 4.00. The summed E-state index contributed by atoms with van der Waals surface area (Å²) in [6.07, 6.45) is -5.31. The number of carbonyl (C=O) groups excluding carboxylic acids is 2. The van der Waals surface area contributed by atoms with E-state index in [4.69, 9.17) is 4.74 Å². The summed E-state index contributed by atoms with van der Waals surface area (Å²) in [4.78, 5) is 28.7. The highest BCUT2D eigenvalue weighted by Gasteiger charge is 2.36. The number of ether oxygens (including phenoxy) is 1. The molecule has 1 saturated heterocycles. The molecule has 0 aliphatic carbocycles. The summed E-state index contributed by atoms with van der Waals surface area (Å²) in [5.41, 5.74) is 0.199. The Labute approximate surface area is 212 Å². The maximum Gasteiger partial charge on any atom is 0.435 e. The molecular formula is C21H27Cl2F3N6O3. The molecule has 9 nitrogen and oxygen atoms in total. The lowest BCUT2D eigenvalue weighted by molar-refractivity contribution is -0.137. The van der Waals surface area contributed by atoms with Crippen molar-refractivity contribution in [1.82, 2.24) is 20.0 Å². The zero-order chi connectivity index (χ0) is 23.8. The van der Waals surface area contributed by atoms with Gasteiger partial charge in [-0.2, -0.15) is 17.9 Å². The average molecular weight is 539 g/mol. The number of hydrogen-bond acceptors (Lipinski definition) is 7. The molecule has 0 radical (unpaired) electrons. The Morgan fingerprint density at radius 1 is 1.14 bits per heavy atom. The summed E-state index contributed by atoms with van der Waals surface area (Å²) in [6, 6.07) is 3.58. The fraction of sp³-hybridized carbons (Fsp3) is 0.476. The molecule has 1 amide bonds. The number of anilines is 2. The number of likely N-dealkylation sites (N-methyl/N-ethyl adjacent to an activating group) is 1. The van der Waals surface area contributed by atoms with Gasteiger partial charge in [-0.25, -0.2) is 4.79 Å². The second-order valence-corrected chi connectivity index (χ2v) is 7.96. The molecule has 0 bridgehead atoms. The number of benzene rings is 1. The molecule has 0 spiro atoms. The number of fused-ring (bicyclic) bond motifs is 1. The minimum atomic E-state index is -4.62. The van der Waals surface area contributed by atoms with Crippen LogP contribution in [0.3, 0.4) is 0 Å². The van der Waals surface area contributed by atoms with Crippen molar-refractivity contribution in [2.24, 2.45) is 0 Å². The molecule has 2 aliphatic heterocycles. The summed E-state index contributed by atoms with van der Waals surface area (Å²) in [5.74, 6) is -0.626. The largest absolute Gasteiger partial charge is 0.448 e. The normalized spacial score (nSPS) is 15.6. The zero-order valence-corrected chi connectivity index (χ0v) is 20.8. The maximum atomic E-state index is 13.9. The van der Waals surface area contributed by atoms with Crippen LogP contribution >= 0.6 is 24.8 Å². The first kappa shape index (κ1) is 28.7. The topological polar surface area (TPSA) is 91.7 Å².